The van der Waals surface area contributed by atoms with Crippen LogP contribution in [0.4, 0.5) is 0 Å². The molecule has 0 aromatic heterocycles. The van der Waals surface area contributed by atoms with Crippen LogP contribution in [-0.4, -0.2) is 102 Å². The number of carbonyl (C=O) groups is 6. The molecule has 0 spiro atoms. The number of ether oxygens (including phenoxy) is 2. The zero-order valence-electron chi connectivity index (χ0n) is 15.2. The van der Waals surface area contributed by atoms with Crippen molar-refractivity contribution in [2.45, 2.75) is 43.0 Å². The minimum absolute atomic E-state index is 0.908. The molecule has 0 aromatic rings. The van der Waals surface area contributed by atoms with Crippen LogP contribution in [0, 0.1) is 0 Å². The summed E-state index contributed by atoms with van der Waals surface area (Å²) in [5.41, 5.74) is -5.99. The van der Waals surface area contributed by atoms with Gasteiger partial charge in [-0.15, -0.1) is 0 Å². The standard InChI is InChI=1S/C15H20O15/c16-5-7(30-11(22)4-15(28,13(25)26)2-9(19)20)6-29-10(21)3-14(27,12(23)24)1-8(17)18/h7,16,27-28H,1-6H2,(H,17,18)(H,19,20)(H,23,24)(H,25,26). The minimum Gasteiger partial charge on any atom is -0.481 e. The molecule has 170 valence electrons. The van der Waals surface area contributed by atoms with Gasteiger partial charge in [0.25, 0.3) is 0 Å². The van der Waals surface area contributed by atoms with Crippen LogP contribution < -0.4 is 0 Å². The van der Waals surface area contributed by atoms with Gasteiger partial charge >= 0.3 is 35.8 Å². The molecule has 3 atom stereocenters. The Morgan fingerprint density at radius 3 is 1.43 bits per heavy atom. The molecule has 0 aliphatic rings. The van der Waals surface area contributed by atoms with Gasteiger partial charge in [-0.2, -0.15) is 0 Å². The molecule has 7 N–H and O–H groups in total. The van der Waals surface area contributed by atoms with Gasteiger partial charge in [0.2, 0.25) is 0 Å². The van der Waals surface area contributed by atoms with Gasteiger partial charge in [-0.1, -0.05) is 0 Å². The van der Waals surface area contributed by atoms with Gasteiger partial charge in [0, 0.05) is 0 Å². The minimum atomic E-state index is -3.01. The van der Waals surface area contributed by atoms with Crippen molar-refractivity contribution in [2.75, 3.05) is 13.2 Å². The third-order valence-corrected chi connectivity index (χ3v) is 3.49. The number of hydrogen-bond acceptors (Lipinski definition) is 11. The van der Waals surface area contributed by atoms with Gasteiger partial charge in [0.1, 0.15) is 6.61 Å². The van der Waals surface area contributed by atoms with E-state index < -0.39 is 92.0 Å². The van der Waals surface area contributed by atoms with Gasteiger partial charge in [0.15, 0.2) is 17.3 Å². The molecular weight excluding hydrogens is 420 g/mol. The van der Waals surface area contributed by atoms with E-state index in [1.54, 1.807) is 0 Å². The number of hydrogen-bond donors (Lipinski definition) is 7. The van der Waals surface area contributed by atoms with E-state index in [9.17, 15) is 39.0 Å². The number of carboxylic acid groups (broad SMARTS) is 4. The summed E-state index contributed by atoms with van der Waals surface area (Å²) in [4.78, 5) is 66.5. The summed E-state index contributed by atoms with van der Waals surface area (Å²) in [6, 6.07) is 0. The average molecular weight is 440 g/mol. The van der Waals surface area contributed by atoms with Gasteiger partial charge in [-0.05, 0) is 0 Å². The Morgan fingerprint density at radius 1 is 0.700 bits per heavy atom. The highest BCUT2D eigenvalue weighted by Gasteiger charge is 2.43. The Labute approximate surface area is 167 Å². The quantitative estimate of drug-likeness (QED) is 0.131. The number of carbonyl (C=O) groups excluding carboxylic acids is 2. The van der Waals surface area contributed by atoms with Crippen molar-refractivity contribution in [3.05, 3.63) is 0 Å². The fourth-order valence-corrected chi connectivity index (χ4v) is 1.99. The Bertz CT molecular complexity index is 700. The van der Waals surface area contributed by atoms with Gasteiger partial charge < -0.3 is 45.2 Å². The lowest BCUT2D eigenvalue weighted by atomic mass is 9.96. The summed E-state index contributed by atoms with van der Waals surface area (Å²) in [6.45, 7) is -1.89. The summed E-state index contributed by atoms with van der Waals surface area (Å²) in [5, 5.41) is 63.4. The summed E-state index contributed by atoms with van der Waals surface area (Å²) >= 11 is 0. The first kappa shape index (κ1) is 26.7. The third kappa shape index (κ3) is 8.80. The van der Waals surface area contributed by atoms with Crippen molar-refractivity contribution >= 4 is 35.8 Å². The third-order valence-electron chi connectivity index (χ3n) is 3.49. The van der Waals surface area contributed by atoms with Crippen LogP contribution >= 0.6 is 0 Å². The van der Waals surface area contributed by atoms with Crippen LogP contribution in [-0.2, 0) is 38.2 Å². The highest BCUT2D eigenvalue weighted by Crippen LogP contribution is 2.19. The summed E-state index contributed by atoms with van der Waals surface area (Å²) in [6.07, 6.45) is -6.91. The molecule has 15 nitrogen and oxygen atoms in total. The molecule has 0 amide bonds. The molecule has 0 aliphatic heterocycles. The van der Waals surface area contributed by atoms with Crippen molar-refractivity contribution in [1.29, 1.82) is 0 Å². The highest BCUT2D eigenvalue weighted by molar-refractivity contribution is 5.89. The molecule has 0 bridgehead atoms. The lowest BCUT2D eigenvalue weighted by molar-refractivity contribution is -0.178. The predicted molar refractivity (Wildman–Crippen MR) is 86.8 cm³/mol. The number of carboxylic acids is 4. The average Bonchev–Trinajstić information content (AvgIpc) is 2.56. The number of aliphatic hydroxyl groups is 3. The fourth-order valence-electron chi connectivity index (χ4n) is 1.99. The smallest absolute Gasteiger partial charge is 0.336 e. The van der Waals surface area contributed by atoms with Crippen LogP contribution in [0.5, 0.6) is 0 Å². The van der Waals surface area contributed by atoms with Crippen molar-refractivity contribution in [1.82, 2.24) is 0 Å². The van der Waals surface area contributed by atoms with E-state index in [0.29, 0.717) is 0 Å². The van der Waals surface area contributed by atoms with Crippen LogP contribution in [0.1, 0.15) is 25.7 Å². The maximum Gasteiger partial charge on any atom is 0.336 e. The molecule has 0 radical (unpaired) electrons. The molecule has 3 unspecified atom stereocenters. The zero-order valence-corrected chi connectivity index (χ0v) is 15.2. The van der Waals surface area contributed by atoms with Crippen molar-refractivity contribution in [2.24, 2.45) is 0 Å². The number of aliphatic carboxylic acids is 4. The SMILES string of the molecule is O=C(O)CC(O)(CC(=O)OCC(CO)OC(=O)CC(O)(CC(=O)O)C(=O)O)C(=O)O. The molecular formula is C15H20O15. The maximum absolute atomic E-state index is 11.7. The van der Waals surface area contributed by atoms with Crippen LogP contribution in [0.2, 0.25) is 0 Å². The molecule has 0 rings (SSSR count). The lowest BCUT2D eigenvalue weighted by Gasteiger charge is -2.23. The van der Waals surface area contributed by atoms with E-state index in [-0.39, 0.29) is 0 Å². The van der Waals surface area contributed by atoms with Crippen LogP contribution in [0.15, 0.2) is 0 Å². The number of aliphatic hydroxyl groups excluding tert-OH is 1. The molecule has 0 heterocycles. The first-order valence-corrected chi connectivity index (χ1v) is 7.96. The molecule has 0 aliphatic carbocycles. The normalized spacial score (nSPS) is 15.7. The predicted octanol–water partition coefficient (Wildman–Crippen LogP) is -3.21. The van der Waals surface area contributed by atoms with E-state index in [4.69, 9.17) is 25.5 Å². The second kappa shape index (κ2) is 11.0. The largest absolute Gasteiger partial charge is 0.481 e. The molecule has 0 fully saturated rings. The topological polar surface area (TPSA) is 262 Å². The van der Waals surface area contributed by atoms with Crippen molar-refractivity contribution in [3.63, 3.8) is 0 Å². The molecule has 0 saturated heterocycles. The number of rotatable bonds is 14. The van der Waals surface area contributed by atoms with Crippen LogP contribution in [0.3, 0.4) is 0 Å². The van der Waals surface area contributed by atoms with E-state index in [2.05, 4.69) is 9.47 Å². The van der Waals surface area contributed by atoms with E-state index in [0.717, 1.165) is 0 Å². The highest BCUT2D eigenvalue weighted by atomic mass is 16.6. The van der Waals surface area contributed by atoms with E-state index in [1.807, 2.05) is 0 Å². The molecule has 15 heteroatoms. The zero-order chi connectivity index (χ0) is 23.7. The van der Waals surface area contributed by atoms with Gasteiger partial charge in [0.05, 0.1) is 32.3 Å². The second-order valence-electron chi connectivity index (χ2n) is 6.15. The monoisotopic (exact) mass is 440 g/mol. The Hall–Kier alpha value is -3.30. The lowest BCUT2D eigenvalue weighted by Crippen LogP contribution is -2.44. The van der Waals surface area contributed by atoms with E-state index in [1.165, 1.54) is 0 Å². The summed E-state index contributed by atoms with van der Waals surface area (Å²) in [7, 11) is 0. The van der Waals surface area contributed by atoms with Crippen molar-refractivity contribution < 1.29 is 74.0 Å². The first-order chi connectivity index (χ1) is 13.6. The first-order valence-electron chi connectivity index (χ1n) is 7.96. The number of esters is 2. The van der Waals surface area contributed by atoms with Gasteiger partial charge in [-0.3, -0.25) is 19.2 Å². The van der Waals surface area contributed by atoms with E-state index >= 15 is 0 Å². The fraction of sp³-hybridized carbons (Fsp3) is 0.600. The van der Waals surface area contributed by atoms with Gasteiger partial charge in [-0.25, -0.2) is 9.59 Å². The Kier molecular flexibility index (Phi) is 9.82. The second-order valence-corrected chi connectivity index (χ2v) is 6.15. The summed E-state index contributed by atoms with van der Waals surface area (Å²) in [5.74, 6) is -10.4. The Balaban J connectivity index is 4.90. The maximum atomic E-state index is 11.7. The molecule has 0 aromatic carbocycles. The molecule has 30 heavy (non-hydrogen) atoms. The van der Waals surface area contributed by atoms with Crippen molar-refractivity contribution in [3.8, 4) is 0 Å². The van der Waals surface area contributed by atoms with Crippen LogP contribution in [0.25, 0.3) is 0 Å². The molecule has 0 saturated carbocycles. The Morgan fingerprint density at radius 2 is 1.10 bits per heavy atom. The summed E-state index contributed by atoms with van der Waals surface area (Å²) < 4.78 is 9.06.